The van der Waals surface area contributed by atoms with E-state index in [-0.39, 0.29) is 5.56 Å². The van der Waals surface area contributed by atoms with E-state index in [1.807, 2.05) is 36.4 Å². The first-order valence-electron chi connectivity index (χ1n) is 7.44. The monoisotopic (exact) mass is 401 g/mol. The molecule has 0 bridgehead atoms. The van der Waals surface area contributed by atoms with Gasteiger partial charge in [0.25, 0.3) is 5.91 Å². The van der Waals surface area contributed by atoms with Crippen molar-refractivity contribution in [2.45, 2.75) is 0 Å². The van der Waals surface area contributed by atoms with Crippen molar-refractivity contribution >= 4 is 44.3 Å². The number of benzene rings is 3. The topological polar surface area (TPSA) is 55.4 Å². The van der Waals surface area contributed by atoms with E-state index in [4.69, 9.17) is 4.74 Å². The molecule has 6 heteroatoms. The van der Waals surface area contributed by atoms with Crippen LogP contribution in [-0.2, 0) is 9.53 Å². The number of amides is 1. The molecule has 0 unspecified atom stereocenters. The molecule has 0 atom stereocenters. The summed E-state index contributed by atoms with van der Waals surface area (Å²) >= 11 is 3.15. The second kappa shape index (κ2) is 7.44. The van der Waals surface area contributed by atoms with Gasteiger partial charge in [-0.1, -0.05) is 30.3 Å². The fourth-order valence-electron chi connectivity index (χ4n) is 2.33. The molecule has 25 heavy (non-hydrogen) atoms. The number of fused-ring (bicyclic) bond motifs is 1. The van der Waals surface area contributed by atoms with Crippen molar-refractivity contribution in [2.75, 3.05) is 11.9 Å². The average molecular weight is 402 g/mol. The van der Waals surface area contributed by atoms with Crippen LogP contribution in [-0.4, -0.2) is 18.5 Å². The Labute approximate surface area is 151 Å². The average Bonchev–Trinajstić information content (AvgIpc) is 2.61. The van der Waals surface area contributed by atoms with Crippen molar-refractivity contribution in [1.82, 2.24) is 0 Å². The van der Waals surface area contributed by atoms with E-state index < -0.39 is 24.3 Å². The van der Waals surface area contributed by atoms with E-state index in [1.54, 1.807) is 6.07 Å². The minimum absolute atomic E-state index is 0.0264. The summed E-state index contributed by atoms with van der Waals surface area (Å²) in [5, 5.41) is 4.71. The molecule has 3 aromatic rings. The summed E-state index contributed by atoms with van der Waals surface area (Å²) < 4.78 is 18.5. The summed E-state index contributed by atoms with van der Waals surface area (Å²) in [6.45, 7) is -0.464. The highest BCUT2D eigenvalue weighted by Gasteiger charge is 2.14. The lowest BCUT2D eigenvalue weighted by molar-refractivity contribution is -0.119. The van der Waals surface area contributed by atoms with Gasteiger partial charge in [0.15, 0.2) is 6.61 Å². The fraction of sp³-hybridized carbons (Fsp3) is 0.0526. The van der Waals surface area contributed by atoms with Gasteiger partial charge in [0.05, 0.1) is 5.56 Å². The van der Waals surface area contributed by atoms with E-state index in [9.17, 15) is 14.0 Å². The lowest BCUT2D eigenvalue weighted by Crippen LogP contribution is -2.21. The Bertz CT molecular complexity index is 958. The van der Waals surface area contributed by atoms with Gasteiger partial charge in [0, 0.05) is 10.2 Å². The number of carbonyl (C=O) groups is 2. The van der Waals surface area contributed by atoms with Gasteiger partial charge in [0.1, 0.15) is 5.82 Å². The molecule has 126 valence electrons. The summed E-state index contributed by atoms with van der Waals surface area (Å²) in [4.78, 5) is 23.9. The van der Waals surface area contributed by atoms with E-state index in [0.29, 0.717) is 10.2 Å². The lowest BCUT2D eigenvalue weighted by atomic mass is 10.1. The van der Waals surface area contributed by atoms with Crippen molar-refractivity contribution in [3.05, 3.63) is 76.5 Å². The number of esters is 1. The standard InChI is InChI=1S/C19H13BrFNO3/c20-17-8-6-14(21)10-16(17)19(24)25-11-18(23)22-15-7-5-12-3-1-2-4-13(12)9-15/h1-10H,11H2,(H,22,23). The van der Waals surface area contributed by atoms with Crippen molar-refractivity contribution < 1.29 is 18.7 Å². The lowest BCUT2D eigenvalue weighted by Gasteiger charge is -2.08. The minimum Gasteiger partial charge on any atom is -0.452 e. The normalized spacial score (nSPS) is 10.5. The number of hydrogen-bond donors (Lipinski definition) is 1. The van der Waals surface area contributed by atoms with Crippen LogP contribution in [0.4, 0.5) is 10.1 Å². The van der Waals surface area contributed by atoms with Gasteiger partial charge in [-0.25, -0.2) is 9.18 Å². The number of halogens is 2. The van der Waals surface area contributed by atoms with Crippen LogP contribution in [0.25, 0.3) is 10.8 Å². The van der Waals surface area contributed by atoms with E-state index in [0.717, 1.165) is 16.8 Å². The van der Waals surface area contributed by atoms with Gasteiger partial charge >= 0.3 is 5.97 Å². The highest BCUT2D eigenvalue weighted by atomic mass is 79.9. The molecule has 0 radical (unpaired) electrons. The Morgan fingerprint density at radius 2 is 1.76 bits per heavy atom. The molecule has 3 rings (SSSR count). The van der Waals surface area contributed by atoms with E-state index in [2.05, 4.69) is 21.2 Å². The van der Waals surface area contributed by atoms with Crippen LogP contribution in [0.5, 0.6) is 0 Å². The molecule has 0 saturated heterocycles. The van der Waals surface area contributed by atoms with Crippen LogP contribution in [0.1, 0.15) is 10.4 Å². The zero-order valence-electron chi connectivity index (χ0n) is 13.0. The van der Waals surface area contributed by atoms with E-state index in [1.165, 1.54) is 12.1 Å². The number of hydrogen-bond acceptors (Lipinski definition) is 3. The first kappa shape index (κ1) is 17.1. The van der Waals surface area contributed by atoms with Crippen LogP contribution in [0.3, 0.4) is 0 Å². The fourth-order valence-corrected chi connectivity index (χ4v) is 2.74. The number of carbonyl (C=O) groups excluding carboxylic acids is 2. The molecule has 0 aromatic heterocycles. The molecule has 1 N–H and O–H groups in total. The molecule has 1 amide bonds. The quantitative estimate of drug-likeness (QED) is 0.653. The summed E-state index contributed by atoms with van der Waals surface area (Å²) in [7, 11) is 0. The predicted octanol–water partition coefficient (Wildman–Crippen LogP) is 4.54. The van der Waals surface area contributed by atoms with Crippen LogP contribution < -0.4 is 5.32 Å². The molecule has 0 aliphatic heterocycles. The highest BCUT2D eigenvalue weighted by Crippen LogP contribution is 2.20. The van der Waals surface area contributed by atoms with Crippen molar-refractivity contribution in [1.29, 1.82) is 0 Å². The zero-order chi connectivity index (χ0) is 17.8. The summed E-state index contributed by atoms with van der Waals surface area (Å²) in [6, 6.07) is 16.9. The number of anilines is 1. The molecule has 0 spiro atoms. The maximum absolute atomic E-state index is 13.2. The van der Waals surface area contributed by atoms with Gasteiger partial charge < -0.3 is 10.1 Å². The van der Waals surface area contributed by atoms with Gasteiger partial charge in [-0.05, 0) is 57.0 Å². The molecular weight excluding hydrogens is 389 g/mol. The summed E-state index contributed by atoms with van der Waals surface area (Å²) in [6.07, 6.45) is 0. The van der Waals surface area contributed by atoms with Crippen LogP contribution in [0, 0.1) is 5.82 Å². The third-order valence-electron chi connectivity index (χ3n) is 3.52. The second-order valence-corrected chi connectivity index (χ2v) is 6.16. The minimum atomic E-state index is -0.778. The molecule has 0 heterocycles. The van der Waals surface area contributed by atoms with Gasteiger partial charge in [-0.2, -0.15) is 0 Å². The number of ether oxygens (including phenoxy) is 1. The molecule has 0 saturated carbocycles. The van der Waals surface area contributed by atoms with Crippen molar-refractivity contribution in [3.8, 4) is 0 Å². The van der Waals surface area contributed by atoms with Gasteiger partial charge in [0.2, 0.25) is 0 Å². The van der Waals surface area contributed by atoms with Gasteiger partial charge in [-0.3, -0.25) is 4.79 Å². The SMILES string of the molecule is O=C(COC(=O)c1cc(F)ccc1Br)Nc1ccc2ccccc2c1. The van der Waals surface area contributed by atoms with Crippen LogP contribution in [0.2, 0.25) is 0 Å². The predicted molar refractivity (Wildman–Crippen MR) is 97.0 cm³/mol. The maximum atomic E-state index is 13.2. The summed E-state index contributed by atoms with van der Waals surface area (Å²) in [5.41, 5.74) is 0.630. The molecule has 4 nitrogen and oxygen atoms in total. The van der Waals surface area contributed by atoms with Gasteiger partial charge in [-0.15, -0.1) is 0 Å². The first-order chi connectivity index (χ1) is 12.0. The maximum Gasteiger partial charge on any atom is 0.339 e. The smallest absolute Gasteiger partial charge is 0.339 e. The van der Waals surface area contributed by atoms with Crippen molar-refractivity contribution in [3.63, 3.8) is 0 Å². The molecule has 0 aliphatic carbocycles. The Morgan fingerprint density at radius 3 is 2.56 bits per heavy atom. The Kier molecular flexibility index (Phi) is 5.09. The highest BCUT2D eigenvalue weighted by molar-refractivity contribution is 9.10. The molecule has 3 aromatic carbocycles. The molecular formula is C19H13BrFNO3. The molecule has 0 fully saturated rings. The summed E-state index contributed by atoms with van der Waals surface area (Å²) in [5.74, 6) is -1.81. The van der Waals surface area contributed by atoms with Crippen molar-refractivity contribution in [2.24, 2.45) is 0 Å². The third kappa shape index (κ3) is 4.22. The Hall–Kier alpha value is -2.73. The number of rotatable bonds is 4. The largest absolute Gasteiger partial charge is 0.452 e. The zero-order valence-corrected chi connectivity index (χ0v) is 14.5. The second-order valence-electron chi connectivity index (χ2n) is 5.31. The Morgan fingerprint density at radius 1 is 1.00 bits per heavy atom. The molecule has 0 aliphatic rings. The first-order valence-corrected chi connectivity index (χ1v) is 8.23. The third-order valence-corrected chi connectivity index (χ3v) is 4.21. The van der Waals surface area contributed by atoms with Crippen LogP contribution in [0.15, 0.2) is 65.1 Å². The van der Waals surface area contributed by atoms with E-state index >= 15 is 0 Å². The number of nitrogens with one attached hydrogen (secondary N) is 1. The Balaban J connectivity index is 1.62. The van der Waals surface area contributed by atoms with Crippen LogP contribution >= 0.6 is 15.9 Å².